The molecule has 0 saturated heterocycles. The maximum atomic E-state index is 8.85. The van der Waals surface area contributed by atoms with E-state index in [4.69, 9.17) is 9.84 Å². The normalized spacial score (nSPS) is 10.9. The van der Waals surface area contributed by atoms with Gasteiger partial charge in [-0.2, -0.15) is 0 Å². The number of hydrogen-bond donors (Lipinski definition) is 1. The molecule has 0 spiro atoms. The number of ether oxygens (including phenoxy) is 1. The van der Waals surface area contributed by atoms with Crippen LogP contribution in [0.3, 0.4) is 0 Å². The molecular formula is C14H23NO2. The van der Waals surface area contributed by atoms with Gasteiger partial charge in [0.15, 0.2) is 0 Å². The minimum Gasteiger partial charge on any atom is -0.496 e. The summed E-state index contributed by atoms with van der Waals surface area (Å²) < 4.78 is 5.41. The summed E-state index contributed by atoms with van der Waals surface area (Å²) in [5.41, 5.74) is 3.79. The first-order chi connectivity index (χ1) is 8.08. The van der Waals surface area contributed by atoms with Crippen LogP contribution in [-0.4, -0.2) is 43.9 Å². The van der Waals surface area contributed by atoms with E-state index >= 15 is 0 Å². The molecule has 0 fully saturated rings. The summed E-state index contributed by atoms with van der Waals surface area (Å²) >= 11 is 0. The van der Waals surface area contributed by atoms with Crippen LogP contribution in [0.5, 0.6) is 5.75 Å². The molecular weight excluding hydrogens is 214 g/mol. The van der Waals surface area contributed by atoms with Gasteiger partial charge in [0.2, 0.25) is 0 Å². The van der Waals surface area contributed by atoms with E-state index in [2.05, 4.69) is 30.9 Å². The quantitative estimate of drug-likeness (QED) is 0.818. The van der Waals surface area contributed by atoms with Crippen molar-refractivity contribution in [3.05, 3.63) is 28.8 Å². The second-order valence-corrected chi connectivity index (χ2v) is 4.53. The minimum atomic E-state index is 0.209. The summed E-state index contributed by atoms with van der Waals surface area (Å²) in [6, 6.07) is 4.29. The van der Waals surface area contributed by atoms with Gasteiger partial charge in [0.05, 0.1) is 13.7 Å². The Morgan fingerprint density at radius 2 is 1.82 bits per heavy atom. The van der Waals surface area contributed by atoms with Crippen LogP contribution in [0, 0.1) is 13.8 Å². The third-order valence-corrected chi connectivity index (χ3v) is 3.14. The van der Waals surface area contributed by atoms with Crippen molar-refractivity contribution in [2.24, 2.45) is 0 Å². The molecule has 96 valence electrons. The molecule has 0 aliphatic rings. The lowest BCUT2D eigenvalue weighted by molar-refractivity contribution is 0.222. The van der Waals surface area contributed by atoms with Crippen molar-refractivity contribution < 1.29 is 9.84 Å². The molecule has 0 bridgehead atoms. The molecule has 3 nitrogen and oxygen atoms in total. The lowest BCUT2D eigenvalue weighted by Crippen LogP contribution is -2.24. The number of nitrogens with zero attached hydrogens (tertiary/aromatic N) is 1. The lowest BCUT2D eigenvalue weighted by Gasteiger charge is -2.17. The van der Waals surface area contributed by atoms with Crippen LogP contribution in [0.4, 0.5) is 0 Å². The minimum absolute atomic E-state index is 0.209. The summed E-state index contributed by atoms with van der Waals surface area (Å²) in [5, 5.41) is 8.85. The summed E-state index contributed by atoms with van der Waals surface area (Å²) in [6.45, 7) is 6.07. The third kappa shape index (κ3) is 4.02. The lowest BCUT2D eigenvalue weighted by atomic mass is 10.0. The highest BCUT2D eigenvalue weighted by Crippen LogP contribution is 2.23. The Labute approximate surface area is 104 Å². The predicted molar refractivity (Wildman–Crippen MR) is 70.8 cm³/mol. The van der Waals surface area contributed by atoms with Crippen molar-refractivity contribution in [2.45, 2.75) is 20.3 Å². The number of aryl methyl sites for hydroxylation is 2. The zero-order chi connectivity index (χ0) is 12.8. The fourth-order valence-corrected chi connectivity index (χ4v) is 1.83. The molecule has 1 rings (SSSR count). The van der Waals surface area contributed by atoms with Crippen LogP contribution in [0.25, 0.3) is 0 Å². The van der Waals surface area contributed by atoms with Gasteiger partial charge < -0.3 is 14.7 Å². The molecule has 1 N–H and O–H groups in total. The molecule has 0 atom stereocenters. The van der Waals surface area contributed by atoms with Crippen LogP contribution in [0.1, 0.15) is 16.7 Å². The van der Waals surface area contributed by atoms with Crippen molar-refractivity contribution in [1.29, 1.82) is 0 Å². The monoisotopic (exact) mass is 237 g/mol. The summed E-state index contributed by atoms with van der Waals surface area (Å²) in [6.07, 6.45) is 0.945. The van der Waals surface area contributed by atoms with Crippen molar-refractivity contribution in [3.8, 4) is 5.75 Å². The maximum Gasteiger partial charge on any atom is 0.122 e. The smallest absolute Gasteiger partial charge is 0.122 e. The van der Waals surface area contributed by atoms with Crippen LogP contribution < -0.4 is 4.74 Å². The highest BCUT2D eigenvalue weighted by Gasteiger charge is 2.07. The van der Waals surface area contributed by atoms with Gasteiger partial charge in [0.25, 0.3) is 0 Å². The van der Waals surface area contributed by atoms with Gasteiger partial charge in [0, 0.05) is 13.1 Å². The van der Waals surface area contributed by atoms with Gasteiger partial charge in [-0.15, -0.1) is 0 Å². The van der Waals surface area contributed by atoms with E-state index in [-0.39, 0.29) is 6.61 Å². The Hall–Kier alpha value is -1.06. The van der Waals surface area contributed by atoms with E-state index in [0.717, 1.165) is 18.7 Å². The molecule has 3 heteroatoms. The Kier molecular flexibility index (Phi) is 5.45. The second-order valence-electron chi connectivity index (χ2n) is 4.53. The average molecular weight is 237 g/mol. The van der Waals surface area contributed by atoms with Crippen LogP contribution >= 0.6 is 0 Å². The molecule has 0 aromatic heterocycles. The van der Waals surface area contributed by atoms with Gasteiger partial charge in [-0.1, -0.05) is 6.07 Å². The van der Waals surface area contributed by atoms with E-state index in [1.54, 1.807) is 7.11 Å². The number of aliphatic hydroxyl groups is 1. The van der Waals surface area contributed by atoms with Crippen molar-refractivity contribution in [2.75, 3.05) is 33.9 Å². The number of methoxy groups -OCH3 is 1. The third-order valence-electron chi connectivity index (χ3n) is 3.14. The zero-order valence-electron chi connectivity index (χ0n) is 11.3. The van der Waals surface area contributed by atoms with Crippen molar-refractivity contribution in [1.82, 2.24) is 4.90 Å². The number of aliphatic hydroxyl groups excluding tert-OH is 1. The van der Waals surface area contributed by atoms with Crippen molar-refractivity contribution >= 4 is 0 Å². The van der Waals surface area contributed by atoms with Gasteiger partial charge >= 0.3 is 0 Å². The van der Waals surface area contributed by atoms with E-state index in [9.17, 15) is 0 Å². The number of benzene rings is 1. The maximum absolute atomic E-state index is 8.85. The Morgan fingerprint density at radius 1 is 1.18 bits per heavy atom. The molecule has 1 aromatic carbocycles. The second kappa shape index (κ2) is 6.62. The van der Waals surface area contributed by atoms with E-state index in [1.807, 2.05) is 7.05 Å². The number of likely N-dealkylation sites (N-methyl/N-ethyl adjacent to an activating group) is 1. The molecule has 1 aromatic rings. The van der Waals surface area contributed by atoms with Crippen molar-refractivity contribution in [3.63, 3.8) is 0 Å². The Balaban J connectivity index is 2.72. The fraction of sp³-hybridized carbons (Fsp3) is 0.571. The summed E-state index contributed by atoms with van der Waals surface area (Å²) in [7, 11) is 3.73. The zero-order valence-corrected chi connectivity index (χ0v) is 11.3. The van der Waals surface area contributed by atoms with E-state index < -0.39 is 0 Å². The number of hydrogen-bond acceptors (Lipinski definition) is 3. The summed E-state index contributed by atoms with van der Waals surface area (Å²) in [4.78, 5) is 2.12. The fourth-order valence-electron chi connectivity index (χ4n) is 1.83. The molecule has 0 aliphatic heterocycles. The SMILES string of the molecule is COc1cc(C)c(C)cc1CCN(C)CCO. The van der Waals surface area contributed by atoms with Crippen LogP contribution in [0.2, 0.25) is 0 Å². The Morgan fingerprint density at radius 3 is 2.41 bits per heavy atom. The van der Waals surface area contributed by atoms with Crippen LogP contribution in [-0.2, 0) is 6.42 Å². The largest absolute Gasteiger partial charge is 0.496 e. The summed E-state index contributed by atoms with van der Waals surface area (Å²) in [5.74, 6) is 0.963. The van der Waals surface area contributed by atoms with Gasteiger partial charge in [-0.05, 0) is 50.1 Å². The number of rotatable bonds is 6. The molecule has 0 aliphatic carbocycles. The first kappa shape index (κ1) is 14.0. The standard InChI is InChI=1S/C14H23NO2/c1-11-9-13(5-6-15(3)7-8-16)14(17-4)10-12(11)2/h9-10,16H,5-8H2,1-4H3. The van der Waals surface area contributed by atoms with E-state index in [0.29, 0.717) is 6.54 Å². The Bertz CT molecular complexity index is 363. The topological polar surface area (TPSA) is 32.7 Å². The molecule has 17 heavy (non-hydrogen) atoms. The highest BCUT2D eigenvalue weighted by atomic mass is 16.5. The van der Waals surface area contributed by atoms with E-state index in [1.165, 1.54) is 16.7 Å². The average Bonchev–Trinajstić information content (AvgIpc) is 2.30. The molecule has 0 saturated carbocycles. The predicted octanol–water partition coefficient (Wildman–Crippen LogP) is 1.78. The molecule has 0 heterocycles. The molecule has 0 amide bonds. The molecule has 0 radical (unpaired) electrons. The van der Waals surface area contributed by atoms with Gasteiger partial charge in [-0.3, -0.25) is 0 Å². The highest BCUT2D eigenvalue weighted by molar-refractivity contribution is 5.41. The van der Waals surface area contributed by atoms with Gasteiger partial charge in [0.1, 0.15) is 5.75 Å². The first-order valence-corrected chi connectivity index (χ1v) is 6.02. The van der Waals surface area contributed by atoms with Gasteiger partial charge in [-0.25, -0.2) is 0 Å². The first-order valence-electron chi connectivity index (χ1n) is 6.02. The van der Waals surface area contributed by atoms with Crippen LogP contribution in [0.15, 0.2) is 12.1 Å². The molecule has 0 unspecified atom stereocenters.